The molecule has 2 aliphatic rings. The van der Waals surface area contributed by atoms with E-state index in [1.807, 2.05) is 18.2 Å². The summed E-state index contributed by atoms with van der Waals surface area (Å²) in [5.41, 5.74) is 8.58. The standard InChI is InChI=1S/C33H41N5O7S.C2HF3O2/c1-22(2)36-46(42,43)28-13-9-25(10-14-28)35-33(41)37(32(40)29(34)17-23-6-11-27(39)12-7-23)26-5-4-16-38(3,20-26)19-24-8-15-30-31(18-24)45-21-44-30;3-2(4,5)1(6)7/h6-15,18,22,26,29,36H,4-5,16-17,19-21,34H2,1-3H3,(H-,35,39,41);(H,6,7)/t26-,29-,38?;/m0./s1. The van der Waals surface area contributed by atoms with E-state index < -0.39 is 46.2 Å². The number of imide groups is 1. The number of carboxylic acid groups (broad SMARTS) is 1. The van der Waals surface area contributed by atoms with Crippen LogP contribution in [-0.4, -0.2) is 92.0 Å². The van der Waals surface area contributed by atoms with Crippen LogP contribution in [0.25, 0.3) is 0 Å². The number of carbonyl (C=O) groups is 3. The van der Waals surface area contributed by atoms with E-state index in [0.717, 1.165) is 24.1 Å². The Morgan fingerprint density at radius 3 is 2.23 bits per heavy atom. The molecule has 288 valence electrons. The van der Waals surface area contributed by atoms with E-state index in [4.69, 9.17) is 25.1 Å². The summed E-state index contributed by atoms with van der Waals surface area (Å²) in [4.78, 5) is 38.0. The number of piperidine rings is 1. The summed E-state index contributed by atoms with van der Waals surface area (Å²) in [6.07, 6.45) is -3.63. The molecule has 5 rings (SSSR count). The zero-order valence-corrected chi connectivity index (χ0v) is 30.1. The number of benzene rings is 3. The number of carbonyl (C=O) groups excluding carboxylic acids is 3. The quantitative estimate of drug-likeness (QED) is 0.223. The van der Waals surface area contributed by atoms with Crippen LogP contribution in [0.5, 0.6) is 17.2 Å². The van der Waals surface area contributed by atoms with Gasteiger partial charge in [0.2, 0.25) is 22.7 Å². The number of likely N-dealkylation sites (tertiary alicyclic amines) is 1. The maximum absolute atomic E-state index is 14.0. The van der Waals surface area contributed by atoms with Gasteiger partial charge in [-0.1, -0.05) is 12.1 Å². The monoisotopic (exact) mass is 765 g/mol. The van der Waals surface area contributed by atoms with Crippen LogP contribution in [0.2, 0.25) is 0 Å². The van der Waals surface area contributed by atoms with Gasteiger partial charge in [0.15, 0.2) is 11.5 Å². The van der Waals surface area contributed by atoms with Crippen molar-refractivity contribution in [3.8, 4) is 17.2 Å². The fourth-order valence-corrected chi connectivity index (χ4v) is 7.36. The van der Waals surface area contributed by atoms with Crippen molar-refractivity contribution in [1.29, 1.82) is 0 Å². The summed E-state index contributed by atoms with van der Waals surface area (Å²) in [6.45, 7) is 5.68. The van der Waals surface area contributed by atoms with Gasteiger partial charge in [0.25, 0.3) is 0 Å². The molecule has 53 heavy (non-hydrogen) atoms. The molecule has 0 bridgehead atoms. The first-order valence-electron chi connectivity index (χ1n) is 16.6. The van der Waals surface area contributed by atoms with Crippen molar-refractivity contribution in [3.63, 3.8) is 0 Å². The molecule has 0 radical (unpaired) electrons. The lowest BCUT2D eigenvalue weighted by molar-refractivity contribution is -0.928. The fourth-order valence-electron chi connectivity index (χ4n) is 6.11. The number of alkyl halides is 3. The number of nitrogens with two attached hydrogens (primary N) is 1. The number of phenols is 1. The summed E-state index contributed by atoms with van der Waals surface area (Å²) in [5, 5.41) is 21.2. The zero-order chi connectivity index (χ0) is 39.1. The van der Waals surface area contributed by atoms with Gasteiger partial charge in [-0.25, -0.2) is 17.9 Å². The number of nitrogens with zero attached hydrogens (tertiary/aromatic N) is 2. The maximum atomic E-state index is 14.0. The lowest BCUT2D eigenvalue weighted by atomic mass is 9.98. The molecule has 3 atom stereocenters. The second-order valence-electron chi connectivity index (χ2n) is 13.4. The second-order valence-corrected chi connectivity index (χ2v) is 15.1. The minimum Gasteiger partial charge on any atom is -0.542 e. The van der Waals surface area contributed by atoms with Gasteiger partial charge >= 0.3 is 12.2 Å². The number of phenolic OH excluding ortho intramolecular Hbond substituents is 1. The first kappa shape index (κ1) is 40.9. The van der Waals surface area contributed by atoms with Crippen molar-refractivity contribution in [1.82, 2.24) is 9.62 Å². The molecule has 3 amide bonds. The summed E-state index contributed by atoms with van der Waals surface area (Å²) >= 11 is 0. The van der Waals surface area contributed by atoms with Crippen molar-refractivity contribution < 1.29 is 60.1 Å². The number of sulfonamides is 1. The van der Waals surface area contributed by atoms with Gasteiger partial charge in [0.1, 0.15) is 24.8 Å². The Labute approximate surface area is 304 Å². The zero-order valence-electron chi connectivity index (χ0n) is 29.3. The number of likely N-dealkylation sites (N-methyl/N-ethyl adjacent to an activating group) is 1. The minimum absolute atomic E-state index is 0.0620. The third-order valence-electron chi connectivity index (χ3n) is 8.46. The van der Waals surface area contributed by atoms with E-state index in [1.165, 1.54) is 41.3 Å². The number of aliphatic carboxylic acids is 1. The number of urea groups is 1. The normalized spacial score (nSPS) is 18.8. The molecule has 1 unspecified atom stereocenters. The molecule has 3 aromatic rings. The first-order chi connectivity index (χ1) is 24.8. The molecule has 5 N–H and O–H groups in total. The number of rotatable bonds is 10. The van der Waals surface area contributed by atoms with Crippen LogP contribution in [-0.2, 0) is 32.6 Å². The predicted octanol–water partition coefficient (Wildman–Crippen LogP) is 2.85. The van der Waals surface area contributed by atoms with Gasteiger partial charge in [0.05, 0.1) is 30.6 Å². The molecule has 3 aromatic carbocycles. The largest absolute Gasteiger partial charge is 0.542 e. The second kappa shape index (κ2) is 16.8. The van der Waals surface area contributed by atoms with Crippen molar-refractivity contribution in [3.05, 3.63) is 77.9 Å². The van der Waals surface area contributed by atoms with Crippen molar-refractivity contribution in [2.45, 2.75) is 68.9 Å². The van der Waals surface area contributed by atoms with E-state index in [-0.39, 0.29) is 29.9 Å². The summed E-state index contributed by atoms with van der Waals surface area (Å²) in [5.74, 6) is -2.02. The Morgan fingerprint density at radius 2 is 1.62 bits per heavy atom. The molecule has 1 fully saturated rings. The Bertz CT molecular complexity index is 1880. The van der Waals surface area contributed by atoms with Gasteiger partial charge in [-0.3, -0.25) is 9.69 Å². The van der Waals surface area contributed by atoms with Crippen LogP contribution in [0.1, 0.15) is 37.8 Å². The average molecular weight is 766 g/mol. The lowest BCUT2D eigenvalue weighted by Gasteiger charge is -2.44. The third-order valence-corrected chi connectivity index (χ3v) is 10.1. The SMILES string of the molecule is CC(C)NS(=O)(=O)c1ccc(NC(=O)N(C(=O)[C@@H](N)Cc2ccc(O)cc2)[C@H]2CCC[N+](C)(Cc3ccc4c(c3)OCO4)C2)cc1.O=C([O-])C(F)(F)F. The number of halogens is 3. The van der Waals surface area contributed by atoms with Crippen LogP contribution in [0.15, 0.2) is 71.6 Å². The van der Waals surface area contributed by atoms with Gasteiger partial charge in [-0.2, -0.15) is 13.2 Å². The van der Waals surface area contributed by atoms with Gasteiger partial charge in [0, 0.05) is 17.3 Å². The molecule has 1 saturated heterocycles. The Hall–Kier alpha value is -4.91. The number of ether oxygens (including phenoxy) is 2. The number of anilines is 1. The van der Waals surface area contributed by atoms with E-state index in [2.05, 4.69) is 17.1 Å². The summed E-state index contributed by atoms with van der Waals surface area (Å²) < 4.78 is 70.8. The topological polar surface area (TPSA) is 200 Å². The molecular formula is C35H42F3N5O9S. The van der Waals surface area contributed by atoms with Gasteiger partial charge < -0.3 is 40.0 Å². The number of hydrogen-bond donors (Lipinski definition) is 4. The van der Waals surface area contributed by atoms with Gasteiger partial charge in [-0.05, 0) is 93.3 Å². The molecule has 0 aromatic heterocycles. The number of nitrogens with one attached hydrogen (secondary N) is 2. The van der Waals surface area contributed by atoms with Crippen molar-refractivity contribution >= 4 is 33.6 Å². The third kappa shape index (κ3) is 11.3. The van der Waals surface area contributed by atoms with Gasteiger partial charge in [-0.15, -0.1) is 0 Å². The molecule has 14 nitrogen and oxygen atoms in total. The molecular weight excluding hydrogens is 723 g/mol. The number of carboxylic acids is 1. The first-order valence-corrected chi connectivity index (χ1v) is 18.0. The fraction of sp³-hybridized carbons (Fsp3) is 0.400. The highest BCUT2D eigenvalue weighted by atomic mass is 32.2. The molecule has 2 heterocycles. The maximum Gasteiger partial charge on any atom is 0.430 e. The summed E-state index contributed by atoms with van der Waals surface area (Å²) in [6, 6.07) is 15.7. The Kier molecular flexibility index (Phi) is 13.0. The number of fused-ring (bicyclic) bond motifs is 1. The van der Waals surface area contributed by atoms with Crippen LogP contribution < -0.4 is 30.4 Å². The molecule has 18 heteroatoms. The Morgan fingerprint density at radius 1 is 1.02 bits per heavy atom. The molecule has 0 spiro atoms. The number of aromatic hydroxyl groups is 1. The highest BCUT2D eigenvalue weighted by Crippen LogP contribution is 2.34. The van der Waals surface area contributed by atoms with Crippen LogP contribution in [0.3, 0.4) is 0 Å². The number of hydrogen-bond acceptors (Lipinski definition) is 10. The number of quaternary nitrogens is 1. The van der Waals surface area contributed by atoms with Crippen LogP contribution in [0, 0.1) is 0 Å². The minimum atomic E-state index is -5.19. The van der Waals surface area contributed by atoms with E-state index in [9.17, 15) is 36.3 Å². The highest BCUT2D eigenvalue weighted by molar-refractivity contribution is 7.89. The smallest absolute Gasteiger partial charge is 0.430 e. The molecule has 2 aliphatic heterocycles. The van der Waals surface area contributed by atoms with E-state index in [1.54, 1.807) is 26.0 Å². The predicted molar refractivity (Wildman–Crippen MR) is 184 cm³/mol. The summed E-state index contributed by atoms with van der Waals surface area (Å²) in [7, 11) is -1.60. The average Bonchev–Trinajstić information content (AvgIpc) is 3.53. The number of amides is 3. The lowest BCUT2D eigenvalue weighted by Crippen LogP contribution is -2.62. The molecule has 0 aliphatic carbocycles. The van der Waals surface area contributed by atoms with E-state index >= 15 is 0 Å². The van der Waals surface area contributed by atoms with Crippen molar-refractivity contribution in [2.24, 2.45) is 5.73 Å². The Balaban J connectivity index is 0.000000815. The van der Waals surface area contributed by atoms with E-state index in [0.29, 0.717) is 41.2 Å². The van der Waals surface area contributed by atoms with Crippen LogP contribution >= 0.6 is 0 Å². The van der Waals surface area contributed by atoms with Crippen LogP contribution in [0.4, 0.5) is 23.7 Å². The highest BCUT2D eigenvalue weighted by Gasteiger charge is 2.41. The van der Waals surface area contributed by atoms with Crippen molar-refractivity contribution in [2.75, 3.05) is 32.2 Å². The molecule has 0 saturated carbocycles.